The molecule has 0 radical (unpaired) electrons. The fourth-order valence-corrected chi connectivity index (χ4v) is 4.60. The zero-order valence-electron chi connectivity index (χ0n) is 20.4. The standard InChI is InChI=1S/C32H19N3O4/c33-19-20-9-13-22(14-10-20)35-31(36)28-8-4-3-7-26(28)30(34-35)27-17-18-29(25-6-2-1-5-24(25)27)39-23-15-11-21(12-16-23)32(37)38/h1-18H,(H,37,38). The lowest BCUT2D eigenvalue weighted by molar-refractivity contribution is 0.0697. The molecule has 186 valence electrons. The summed E-state index contributed by atoms with van der Waals surface area (Å²) < 4.78 is 7.51. The van der Waals surface area contributed by atoms with E-state index >= 15 is 0 Å². The van der Waals surface area contributed by atoms with Crippen molar-refractivity contribution in [3.63, 3.8) is 0 Å². The predicted octanol–water partition coefficient (Wildman–Crippen LogP) is 6.57. The largest absolute Gasteiger partial charge is 0.478 e. The summed E-state index contributed by atoms with van der Waals surface area (Å²) in [5.74, 6) is 0.108. The quantitative estimate of drug-likeness (QED) is 0.282. The van der Waals surface area contributed by atoms with Crippen LogP contribution in [-0.4, -0.2) is 20.9 Å². The number of carboxylic acids is 1. The molecule has 0 spiro atoms. The van der Waals surface area contributed by atoms with Crippen LogP contribution in [0, 0.1) is 11.3 Å². The van der Waals surface area contributed by atoms with Gasteiger partial charge in [0, 0.05) is 16.3 Å². The average Bonchev–Trinajstić information content (AvgIpc) is 2.98. The molecule has 7 heteroatoms. The van der Waals surface area contributed by atoms with Crippen LogP contribution in [0.5, 0.6) is 11.5 Å². The Morgan fingerprint density at radius 3 is 2.08 bits per heavy atom. The summed E-state index contributed by atoms with van der Waals surface area (Å²) in [4.78, 5) is 24.6. The highest BCUT2D eigenvalue weighted by molar-refractivity contribution is 6.05. The number of carbonyl (C=O) groups is 1. The number of rotatable bonds is 5. The minimum Gasteiger partial charge on any atom is -0.478 e. The molecular formula is C32H19N3O4. The maximum atomic E-state index is 13.4. The number of hydrogen-bond acceptors (Lipinski definition) is 5. The van der Waals surface area contributed by atoms with Crippen LogP contribution >= 0.6 is 0 Å². The van der Waals surface area contributed by atoms with Crippen molar-refractivity contribution < 1.29 is 14.6 Å². The number of nitrogens with zero attached hydrogens (tertiary/aromatic N) is 3. The summed E-state index contributed by atoms with van der Waals surface area (Å²) >= 11 is 0. The Balaban J connectivity index is 1.53. The highest BCUT2D eigenvalue weighted by Crippen LogP contribution is 2.37. The number of carboxylic acid groups (broad SMARTS) is 1. The van der Waals surface area contributed by atoms with E-state index in [4.69, 9.17) is 9.84 Å². The van der Waals surface area contributed by atoms with Crippen LogP contribution in [-0.2, 0) is 0 Å². The normalized spacial score (nSPS) is 10.8. The van der Waals surface area contributed by atoms with Gasteiger partial charge in [-0.15, -0.1) is 0 Å². The Kier molecular flexibility index (Phi) is 5.83. The van der Waals surface area contributed by atoms with Gasteiger partial charge in [-0.1, -0.05) is 42.5 Å². The molecule has 0 saturated carbocycles. The first-order chi connectivity index (χ1) is 19.0. The third kappa shape index (κ3) is 4.26. The molecule has 0 aliphatic heterocycles. The van der Waals surface area contributed by atoms with Crippen LogP contribution in [0.15, 0.2) is 114 Å². The van der Waals surface area contributed by atoms with Gasteiger partial charge in [0.1, 0.15) is 11.5 Å². The molecule has 0 fully saturated rings. The van der Waals surface area contributed by atoms with Crippen LogP contribution in [0.25, 0.3) is 38.5 Å². The lowest BCUT2D eigenvalue weighted by Crippen LogP contribution is -2.22. The van der Waals surface area contributed by atoms with Crippen LogP contribution in [0.3, 0.4) is 0 Å². The minimum absolute atomic E-state index is 0.179. The Bertz CT molecular complexity index is 1990. The Morgan fingerprint density at radius 2 is 1.41 bits per heavy atom. The maximum Gasteiger partial charge on any atom is 0.335 e. The second kappa shape index (κ2) is 9.61. The molecule has 0 amide bonds. The topological polar surface area (TPSA) is 105 Å². The number of hydrogen-bond donors (Lipinski definition) is 1. The van der Waals surface area contributed by atoms with Crippen LogP contribution in [0.1, 0.15) is 15.9 Å². The molecule has 5 aromatic carbocycles. The second-order valence-corrected chi connectivity index (χ2v) is 8.86. The molecule has 1 heterocycles. The fourth-order valence-electron chi connectivity index (χ4n) is 4.60. The van der Waals surface area contributed by atoms with E-state index in [0.29, 0.717) is 33.8 Å². The molecule has 0 aliphatic carbocycles. The van der Waals surface area contributed by atoms with E-state index in [1.165, 1.54) is 16.8 Å². The molecule has 0 saturated heterocycles. The van der Waals surface area contributed by atoms with Gasteiger partial charge < -0.3 is 9.84 Å². The van der Waals surface area contributed by atoms with Crippen molar-refractivity contribution in [1.29, 1.82) is 5.26 Å². The van der Waals surface area contributed by atoms with Crippen molar-refractivity contribution >= 4 is 27.5 Å². The molecule has 0 bridgehead atoms. The van der Waals surface area contributed by atoms with E-state index in [2.05, 4.69) is 6.07 Å². The lowest BCUT2D eigenvalue weighted by atomic mass is 9.98. The third-order valence-electron chi connectivity index (χ3n) is 6.51. The average molecular weight is 510 g/mol. The first kappa shape index (κ1) is 23.6. The molecule has 0 aliphatic rings. The summed E-state index contributed by atoms with van der Waals surface area (Å²) in [6.45, 7) is 0. The van der Waals surface area contributed by atoms with E-state index in [-0.39, 0.29) is 11.1 Å². The van der Waals surface area contributed by atoms with Gasteiger partial charge >= 0.3 is 5.97 Å². The van der Waals surface area contributed by atoms with E-state index in [0.717, 1.165) is 21.7 Å². The van der Waals surface area contributed by atoms with Gasteiger partial charge in [-0.2, -0.15) is 15.0 Å². The Hall–Kier alpha value is -5.74. The number of aromatic carboxylic acids is 1. The SMILES string of the molecule is N#Cc1ccc(-n2nc(-c3ccc(Oc4ccc(C(=O)O)cc4)c4ccccc34)c3ccccc3c2=O)cc1. The number of aromatic nitrogens is 2. The molecule has 7 nitrogen and oxygen atoms in total. The zero-order valence-corrected chi connectivity index (χ0v) is 20.4. The highest BCUT2D eigenvalue weighted by atomic mass is 16.5. The lowest BCUT2D eigenvalue weighted by Gasteiger charge is -2.15. The van der Waals surface area contributed by atoms with Gasteiger partial charge in [-0.25, -0.2) is 4.79 Å². The van der Waals surface area contributed by atoms with Gasteiger partial charge in [0.25, 0.3) is 5.56 Å². The second-order valence-electron chi connectivity index (χ2n) is 8.86. The fraction of sp³-hybridized carbons (Fsp3) is 0. The van der Waals surface area contributed by atoms with Gasteiger partial charge in [0.2, 0.25) is 0 Å². The van der Waals surface area contributed by atoms with Crippen molar-refractivity contribution in [2.24, 2.45) is 0 Å². The number of fused-ring (bicyclic) bond motifs is 2. The van der Waals surface area contributed by atoms with Crippen LogP contribution in [0.2, 0.25) is 0 Å². The summed E-state index contributed by atoms with van der Waals surface area (Å²) in [6.07, 6.45) is 0. The van der Waals surface area contributed by atoms with Gasteiger partial charge in [0.05, 0.1) is 34.0 Å². The molecule has 1 N–H and O–H groups in total. The van der Waals surface area contributed by atoms with Crippen molar-refractivity contribution in [3.8, 4) is 34.5 Å². The first-order valence-corrected chi connectivity index (χ1v) is 12.1. The monoisotopic (exact) mass is 509 g/mol. The number of benzene rings is 5. The molecule has 6 aromatic rings. The molecule has 6 rings (SSSR count). The summed E-state index contributed by atoms with van der Waals surface area (Å²) in [5, 5.41) is 26.1. The Labute approximate surface area is 222 Å². The molecule has 39 heavy (non-hydrogen) atoms. The summed E-state index contributed by atoms with van der Waals surface area (Å²) in [7, 11) is 0. The van der Waals surface area contributed by atoms with Crippen molar-refractivity contribution in [1.82, 2.24) is 9.78 Å². The van der Waals surface area contributed by atoms with E-state index in [9.17, 15) is 20.0 Å². The van der Waals surface area contributed by atoms with Crippen LogP contribution < -0.4 is 10.3 Å². The first-order valence-electron chi connectivity index (χ1n) is 12.1. The highest BCUT2D eigenvalue weighted by Gasteiger charge is 2.17. The van der Waals surface area contributed by atoms with Crippen LogP contribution in [0.4, 0.5) is 0 Å². The van der Waals surface area contributed by atoms with Crippen molar-refractivity contribution in [2.75, 3.05) is 0 Å². The summed E-state index contributed by atoms with van der Waals surface area (Å²) in [5.41, 5.74) is 2.42. The molecule has 0 unspecified atom stereocenters. The molecule has 1 aromatic heterocycles. The Morgan fingerprint density at radius 1 is 0.769 bits per heavy atom. The zero-order chi connectivity index (χ0) is 26.9. The van der Waals surface area contributed by atoms with Gasteiger partial charge in [0.15, 0.2) is 0 Å². The predicted molar refractivity (Wildman–Crippen MR) is 148 cm³/mol. The van der Waals surface area contributed by atoms with E-state index in [1.54, 1.807) is 42.5 Å². The smallest absolute Gasteiger partial charge is 0.335 e. The summed E-state index contributed by atoms with van der Waals surface area (Å²) in [6, 6.07) is 33.9. The van der Waals surface area contributed by atoms with Crippen molar-refractivity contribution in [3.05, 3.63) is 131 Å². The molecular weight excluding hydrogens is 490 g/mol. The third-order valence-corrected chi connectivity index (χ3v) is 6.51. The van der Waals surface area contributed by atoms with E-state index in [1.807, 2.05) is 54.6 Å². The van der Waals surface area contributed by atoms with Gasteiger partial charge in [-0.05, 0) is 72.1 Å². The van der Waals surface area contributed by atoms with E-state index < -0.39 is 5.97 Å². The molecule has 0 atom stereocenters. The maximum absolute atomic E-state index is 13.4. The van der Waals surface area contributed by atoms with Gasteiger partial charge in [-0.3, -0.25) is 4.79 Å². The number of ether oxygens (including phenoxy) is 1. The van der Waals surface area contributed by atoms with Crippen molar-refractivity contribution in [2.45, 2.75) is 0 Å². The minimum atomic E-state index is -1.00. The number of nitriles is 1.